The maximum atomic E-state index is 11.9. The Morgan fingerprint density at radius 2 is 2.00 bits per heavy atom. The van der Waals surface area contributed by atoms with E-state index in [0.717, 1.165) is 29.3 Å². The molecular weight excluding hydrogens is 304 g/mol. The van der Waals surface area contributed by atoms with Crippen LogP contribution in [0, 0.1) is 0 Å². The summed E-state index contributed by atoms with van der Waals surface area (Å²) in [5.41, 5.74) is 0.781. The highest BCUT2D eigenvalue weighted by atomic mass is 16.3. The van der Waals surface area contributed by atoms with E-state index in [4.69, 9.17) is 0 Å². The highest BCUT2D eigenvalue weighted by Gasteiger charge is 2.20. The van der Waals surface area contributed by atoms with E-state index in [1.165, 1.54) is 0 Å². The summed E-state index contributed by atoms with van der Waals surface area (Å²) in [4.78, 5) is 25.1. The molecule has 0 aromatic heterocycles. The Morgan fingerprint density at radius 1 is 1.21 bits per heavy atom. The van der Waals surface area contributed by atoms with Crippen LogP contribution in [0.2, 0.25) is 0 Å². The number of hydrogen-bond acceptors (Lipinski definition) is 3. The van der Waals surface area contributed by atoms with Gasteiger partial charge in [-0.05, 0) is 28.8 Å². The van der Waals surface area contributed by atoms with E-state index in [9.17, 15) is 14.7 Å². The molecule has 1 heterocycles. The van der Waals surface area contributed by atoms with E-state index in [2.05, 4.69) is 5.32 Å². The lowest BCUT2D eigenvalue weighted by Crippen LogP contribution is -2.33. The molecule has 2 aromatic carbocycles. The maximum Gasteiger partial charge on any atom is 0.222 e. The van der Waals surface area contributed by atoms with Gasteiger partial charge >= 0.3 is 0 Å². The molecule has 1 atom stereocenters. The van der Waals surface area contributed by atoms with E-state index in [1.807, 2.05) is 42.5 Å². The van der Waals surface area contributed by atoms with Crippen molar-refractivity contribution in [3.05, 3.63) is 48.0 Å². The standard InChI is InChI=1S/C19H22N2O3/c22-17(16-8-7-14-4-1-2-5-15(14)12-16)13-20-18(23)9-11-21-10-3-6-19(21)24/h1-2,4-5,7-8,12,17,22H,3,6,9-11,13H2,(H,20,23). The molecule has 0 saturated carbocycles. The van der Waals surface area contributed by atoms with Gasteiger partial charge in [-0.15, -0.1) is 0 Å². The van der Waals surface area contributed by atoms with Crippen molar-refractivity contribution in [1.82, 2.24) is 10.2 Å². The van der Waals surface area contributed by atoms with Crippen LogP contribution >= 0.6 is 0 Å². The first-order valence-corrected chi connectivity index (χ1v) is 8.35. The SMILES string of the molecule is O=C(CCN1CCCC1=O)NCC(O)c1ccc2ccccc2c1. The fourth-order valence-electron chi connectivity index (χ4n) is 3.01. The second kappa shape index (κ2) is 7.45. The minimum Gasteiger partial charge on any atom is -0.387 e. The Hall–Kier alpha value is -2.40. The van der Waals surface area contributed by atoms with Crippen molar-refractivity contribution in [1.29, 1.82) is 0 Å². The molecule has 5 heteroatoms. The molecule has 1 aliphatic heterocycles. The highest BCUT2D eigenvalue weighted by Crippen LogP contribution is 2.20. The Bertz CT molecular complexity index is 744. The van der Waals surface area contributed by atoms with E-state index in [-0.39, 0.29) is 24.8 Å². The molecular formula is C19H22N2O3. The fraction of sp³-hybridized carbons (Fsp3) is 0.368. The summed E-state index contributed by atoms with van der Waals surface area (Å²) in [6, 6.07) is 13.7. The first-order valence-electron chi connectivity index (χ1n) is 8.35. The van der Waals surface area contributed by atoms with Crippen molar-refractivity contribution in [2.24, 2.45) is 0 Å². The van der Waals surface area contributed by atoms with Gasteiger partial charge in [-0.3, -0.25) is 9.59 Å². The van der Waals surface area contributed by atoms with Gasteiger partial charge < -0.3 is 15.3 Å². The smallest absolute Gasteiger partial charge is 0.222 e. The van der Waals surface area contributed by atoms with Crippen molar-refractivity contribution < 1.29 is 14.7 Å². The number of carbonyl (C=O) groups is 2. The molecule has 0 aliphatic carbocycles. The normalized spacial score (nSPS) is 15.7. The lowest BCUT2D eigenvalue weighted by molar-refractivity contribution is -0.128. The molecule has 24 heavy (non-hydrogen) atoms. The minimum atomic E-state index is -0.744. The number of benzene rings is 2. The van der Waals surface area contributed by atoms with Gasteiger partial charge in [0, 0.05) is 32.5 Å². The van der Waals surface area contributed by atoms with Crippen molar-refractivity contribution >= 4 is 22.6 Å². The Labute approximate surface area is 141 Å². The molecule has 1 aliphatic rings. The third-order valence-electron chi connectivity index (χ3n) is 4.43. The number of aliphatic hydroxyl groups excluding tert-OH is 1. The molecule has 1 saturated heterocycles. The predicted octanol–water partition coefficient (Wildman–Crippen LogP) is 2.00. The van der Waals surface area contributed by atoms with Gasteiger partial charge in [-0.1, -0.05) is 36.4 Å². The molecule has 2 aromatic rings. The number of aliphatic hydroxyl groups is 1. The predicted molar refractivity (Wildman–Crippen MR) is 92.3 cm³/mol. The van der Waals surface area contributed by atoms with Gasteiger partial charge in [-0.25, -0.2) is 0 Å². The van der Waals surface area contributed by atoms with Crippen molar-refractivity contribution in [3.8, 4) is 0 Å². The van der Waals surface area contributed by atoms with Gasteiger partial charge in [0.25, 0.3) is 0 Å². The van der Waals surface area contributed by atoms with Gasteiger partial charge in [-0.2, -0.15) is 0 Å². The first kappa shape index (κ1) is 16.5. The quantitative estimate of drug-likeness (QED) is 0.853. The summed E-state index contributed by atoms with van der Waals surface area (Å²) >= 11 is 0. The summed E-state index contributed by atoms with van der Waals surface area (Å²) in [7, 11) is 0. The van der Waals surface area contributed by atoms with E-state index >= 15 is 0 Å². The lowest BCUT2D eigenvalue weighted by Gasteiger charge is -2.16. The Morgan fingerprint density at radius 3 is 2.75 bits per heavy atom. The van der Waals surface area contributed by atoms with Crippen LogP contribution in [0.4, 0.5) is 0 Å². The largest absolute Gasteiger partial charge is 0.387 e. The number of fused-ring (bicyclic) bond motifs is 1. The zero-order valence-corrected chi connectivity index (χ0v) is 13.6. The summed E-state index contributed by atoms with van der Waals surface area (Å²) in [5, 5.41) is 15.2. The minimum absolute atomic E-state index is 0.124. The summed E-state index contributed by atoms with van der Waals surface area (Å²) in [6.45, 7) is 1.37. The van der Waals surface area contributed by atoms with Crippen molar-refractivity contribution in [3.63, 3.8) is 0 Å². The zero-order valence-electron chi connectivity index (χ0n) is 13.6. The van der Waals surface area contributed by atoms with Crippen LogP contribution < -0.4 is 5.32 Å². The monoisotopic (exact) mass is 326 g/mol. The first-order chi connectivity index (χ1) is 11.6. The van der Waals surface area contributed by atoms with Crippen molar-refractivity contribution in [2.75, 3.05) is 19.6 Å². The van der Waals surface area contributed by atoms with Crippen LogP contribution in [0.1, 0.15) is 30.9 Å². The fourth-order valence-corrected chi connectivity index (χ4v) is 3.01. The number of nitrogens with zero attached hydrogens (tertiary/aromatic N) is 1. The number of amides is 2. The van der Waals surface area contributed by atoms with Crippen molar-refractivity contribution in [2.45, 2.75) is 25.4 Å². The molecule has 1 fully saturated rings. The molecule has 5 nitrogen and oxygen atoms in total. The number of rotatable bonds is 6. The van der Waals surface area contributed by atoms with Gasteiger partial charge in [0.05, 0.1) is 6.10 Å². The zero-order chi connectivity index (χ0) is 16.9. The number of nitrogens with one attached hydrogen (secondary N) is 1. The second-order valence-electron chi connectivity index (χ2n) is 6.16. The van der Waals surface area contributed by atoms with Gasteiger partial charge in [0.15, 0.2) is 0 Å². The molecule has 126 valence electrons. The summed E-state index contributed by atoms with van der Waals surface area (Å²) in [5.74, 6) is -0.0199. The van der Waals surface area contributed by atoms with Crippen LogP contribution in [0.25, 0.3) is 10.8 Å². The summed E-state index contributed by atoms with van der Waals surface area (Å²) < 4.78 is 0. The molecule has 0 spiro atoms. The molecule has 0 radical (unpaired) electrons. The van der Waals surface area contributed by atoms with Crippen LogP contribution in [0.3, 0.4) is 0 Å². The Kier molecular flexibility index (Phi) is 5.11. The molecule has 3 rings (SSSR count). The average Bonchev–Trinajstić information content (AvgIpc) is 3.02. The van der Waals surface area contributed by atoms with Crippen LogP contribution in [0.15, 0.2) is 42.5 Å². The molecule has 2 N–H and O–H groups in total. The molecule has 0 bridgehead atoms. The topological polar surface area (TPSA) is 69.6 Å². The second-order valence-corrected chi connectivity index (χ2v) is 6.16. The van der Waals surface area contributed by atoms with E-state index in [1.54, 1.807) is 4.90 Å². The van der Waals surface area contributed by atoms with Gasteiger partial charge in [0.2, 0.25) is 11.8 Å². The molecule has 1 unspecified atom stereocenters. The van der Waals surface area contributed by atoms with Crippen LogP contribution in [-0.2, 0) is 9.59 Å². The average molecular weight is 326 g/mol. The highest BCUT2D eigenvalue weighted by molar-refractivity contribution is 5.83. The van der Waals surface area contributed by atoms with Crippen LogP contribution in [0.5, 0.6) is 0 Å². The number of likely N-dealkylation sites (tertiary alicyclic amines) is 1. The summed E-state index contributed by atoms with van der Waals surface area (Å²) in [6.07, 6.45) is 0.992. The van der Waals surface area contributed by atoms with Gasteiger partial charge in [0.1, 0.15) is 0 Å². The van der Waals surface area contributed by atoms with Crippen LogP contribution in [-0.4, -0.2) is 41.5 Å². The number of carbonyl (C=O) groups excluding carboxylic acids is 2. The third-order valence-corrected chi connectivity index (χ3v) is 4.43. The van der Waals surface area contributed by atoms with E-state index < -0.39 is 6.10 Å². The van der Waals surface area contributed by atoms with E-state index in [0.29, 0.717) is 13.0 Å². The Balaban J connectivity index is 1.49. The maximum absolute atomic E-state index is 11.9. The number of hydrogen-bond donors (Lipinski definition) is 2. The third kappa shape index (κ3) is 3.92. The molecule has 2 amide bonds. The lowest BCUT2D eigenvalue weighted by atomic mass is 10.0.